The molecule has 2 aromatic rings. The Morgan fingerprint density at radius 3 is 2.62 bits per heavy atom. The number of aromatic nitrogens is 1. The molecule has 0 saturated carbocycles. The average Bonchev–Trinajstić information content (AvgIpc) is 2.86. The van der Waals surface area contributed by atoms with E-state index in [9.17, 15) is 4.79 Å². The molecule has 0 saturated heterocycles. The van der Waals surface area contributed by atoms with Crippen molar-refractivity contribution in [3.05, 3.63) is 47.0 Å². The molecular weight excluding hydrogens is 306 g/mol. The lowest BCUT2D eigenvalue weighted by molar-refractivity contribution is -0.118. The Balaban J connectivity index is 0.00000220. The van der Waals surface area contributed by atoms with Crippen molar-refractivity contribution in [2.75, 3.05) is 5.32 Å². The SMILES string of the molecule is CC(C)[C@H](N)C(=O)Nc1ncc(Cc2ccccc2)s1.Cl. The number of nitrogens with two attached hydrogens (primary N) is 1. The summed E-state index contributed by atoms with van der Waals surface area (Å²) >= 11 is 1.49. The Kier molecular flexibility index (Phi) is 6.81. The minimum Gasteiger partial charge on any atom is -0.320 e. The van der Waals surface area contributed by atoms with Crippen LogP contribution >= 0.6 is 23.7 Å². The van der Waals surface area contributed by atoms with E-state index in [1.165, 1.54) is 16.9 Å². The van der Waals surface area contributed by atoms with Crippen LogP contribution in [-0.2, 0) is 11.2 Å². The number of nitrogens with one attached hydrogen (secondary N) is 1. The summed E-state index contributed by atoms with van der Waals surface area (Å²) in [6.45, 7) is 3.85. The van der Waals surface area contributed by atoms with Gasteiger partial charge in [0.15, 0.2) is 5.13 Å². The monoisotopic (exact) mass is 325 g/mol. The number of thiazole rings is 1. The minimum absolute atomic E-state index is 0. The van der Waals surface area contributed by atoms with E-state index in [1.807, 2.05) is 32.0 Å². The van der Waals surface area contributed by atoms with Crippen molar-refractivity contribution in [3.63, 3.8) is 0 Å². The predicted octanol–water partition coefficient (Wildman–Crippen LogP) is 3.08. The molecule has 1 atom stereocenters. The van der Waals surface area contributed by atoms with Gasteiger partial charge < -0.3 is 11.1 Å². The van der Waals surface area contributed by atoms with Crippen LogP contribution in [0.1, 0.15) is 24.3 Å². The molecule has 114 valence electrons. The zero-order valence-corrected chi connectivity index (χ0v) is 13.7. The maximum Gasteiger partial charge on any atom is 0.243 e. The van der Waals surface area contributed by atoms with Gasteiger partial charge in [0, 0.05) is 17.5 Å². The van der Waals surface area contributed by atoms with E-state index in [-0.39, 0.29) is 24.2 Å². The number of halogens is 1. The number of nitrogens with zero attached hydrogens (tertiary/aromatic N) is 1. The molecule has 0 aliphatic rings. The first kappa shape index (κ1) is 17.6. The lowest BCUT2D eigenvalue weighted by atomic mass is 10.1. The molecule has 3 N–H and O–H groups in total. The molecule has 0 fully saturated rings. The van der Waals surface area contributed by atoms with Crippen molar-refractivity contribution in [3.8, 4) is 0 Å². The quantitative estimate of drug-likeness (QED) is 0.887. The second-order valence-corrected chi connectivity index (χ2v) is 6.17. The first-order valence-electron chi connectivity index (χ1n) is 6.61. The van der Waals surface area contributed by atoms with Gasteiger partial charge in [0.05, 0.1) is 6.04 Å². The molecular formula is C15H20ClN3OS. The summed E-state index contributed by atoms with van der Waals surface area (Å²) in [7, 11) is 0. The summed E-state index contributed by atoms with van der Waals surface area (Å²) < 4.78 is 0. The summed E-state index contributed by atoms with van der Waals surface area (Å²) in [5.74, 6) is -0.0700. The van der Waals surface area contributed by atoms with Crippen LogP contribution in [-0.4, -0.2) is 16.9 Å². The molecule has 1 amide bonds. The maximum atomic E-state index is 11.9. The van der Waals surface area contributed by atoms with Crippen molar-refractivity contribution in [2.24, 2.45) is 11.7 Å². The van der Waals surface area contributed by atoms with E-state index in [1.54, 1.807) is 6.20 Å². The molecule has 0 spiro atoms. The number of amides is 1. The van der Waals surface area contributed by atoms with Gasteiger partial charge in [-0.3, -0.25) is 4.79 Å². The molecule has 21 heavy (non-hydrogen) atoms. The van der Waals surface area contributed by atoms with Crippen molar-refractivity contribution >= 4 is 34.8 Å². The largest absolute Gasteiger partial charge is 0.320 e. The molecule has 0 aliphatic carbocycles. The number of carbonyl (C=O) groups excluding carboxylic acids is 1. The highest BCUT2D eigenvalue weighted by molar-refractivity contribution is 7.15. The highest BCUT2D eigenvalue weighted by Crippen LogP contribution is 2.21. The molecule has 1 heterocycles. The predicted molar refractivity (Wildman–Crippen MR) is 90.1 cm³/mol. The third-order valence-corrected chi connectivity index (χ3v) is 3.94. The van der Waals surface area contributed by atoms with E-state index in [2.05, 4.69) is 22.4 Å². The van der Waals surface area contributed by atoms with E-state index >= 15 is 0 Å². The second-order valence-electron chi connectivity index (χ2n) is 5.05. The van der Waals surface area contributed by atoms with Crippen LogP contribution < -0.4 is 11.1 Å². The van der Waals surface area contributed by atoms with Gasteiger partial charge in [-0.25, -0.2) is 4.98 Å². The molecule has 1 aromatic carbocycles. The van der Waals surface area contributed by atoms with E-state index in [4.69, 9.17) is 5.73 Å². The molecule has 6 heteroatoms. The van der Waals surface area contributed by atoms with Gasteiger partial charge >= 0.3 is 0 Å². The molecule has 0 bridgehead atoms. The Morgan fingerprint density at radius 2 is 2.00 bits per heavy atom. The third kappa shape index (κ3) is 5.12. The molecule has 0 unspecified atom stereocenters. The van der Waals surface area contributed by atoms with Crippen LogP contribution in [0.2, 0.25) is 0 Å². The van der Waals surface area contributed by atoms with Gasteiger partial charge in [-0.2, -0.15) is 0 Å². The molecule has 0 aliphatic heterocycles. The zero-order chi connectivity index (χ0) is 14.5. The highest BCUT2D eigenvalue weighted by Gasteiger charge is 2.18. The first-order valence-corrected chi connectivity index (χ1v) is 7.43. The van der Waals surface area contributed by atoms with Gasteiger partial charge in [0.2, 0.25) is 5.91 Å². The number of carbonyl (C=O) groups is 1. The van der Waals surface area contributed by atoms with Crippen LogP contribution in [0.3, 0.4) is 0 Å². The molecule has 2 rings (SSSR count). The Hall–Kier alpha value is -1.43. The number of anilines is 1. The number of rotatable bonds is 5. The molecule has 0 radical (unpaired) electrons. The lowest BCUT2D eigenvalue weighted by Crippen LogP contribution is -2.39. The lowest BCUT2D eigenvalue weighted by Gasteiger charge is -2.13. The Bertz CT molecular complexity index is 571. The Morgan fingerprint density at radius 1 is 1.33 bits per heavy atom. The summed E-state index contributed by atoms with van der Waals surface area (Å²) in [6.07, 6.45) is 2.62. The van der Waals surface area contributed by atoms with Crippen LogP contribution in [0.5, 0.6) is 0 Å². The first-order chi connectivity index (χ1) is 9.56. The fourth-order valence-electron chi connectivity index (χ4n) is 1.74. The Labute approximate surface area is 135 Å². The standard InChI is InChI=1S/C15H19N3OS.ClH/c1-10(2)13(16)14(19)18-15-17-9-12(20-15)8-11-6-4-3-5-7-11;/h3-7,9-10,13H,8,16H2,1-2H3,(H,17,18,19);1H/t13-;/m0./s1. The fourth-order valence-corrected chi connectivity index (χ4v) is 2.59. The van der Waals surface area contributed by atoms with E-state index < -0.39 is 6.04 Å². The summed E-state index contributed by atoms with van der Waals surface area (Å²) in [4.78, 5) is 17.2. The third-order valence-electron chi connectivity index (χ3n) is 3.03. The van der Waals surface area contributed by atoms with Gasteiger partial charge in [-0.1, -0.05) is 44.2 Å². The van der Waals surface area contributed by atoms with Crippen molar-refractivity contribution < 1.29 is 4.79 Å². The maximum absolute atomic E-state index is 11.9. The van der Waals surface area contributed by atoms with E-state index in [0.717, 1.165) is 11.3 Å². The summed E-state index contributed by atoms with van der Waals surface area (Å²) in [5, 5.41) is 3.38. The average molecular weight is 326 g/mol. The fraction of sp³-hybridized carbons (Fsp3) is 0.333. The number of benzene rings is 1. The van der Waals surface area contributed by atoms with Gasteiger partial charge in [-0.05, 0) is 11.5 Å². The van der Waals surface area contributed by atoms with E-state index in [0.29, 0.717) is 5.13 Å². The highest BCUT2D eigenvalue weighted by atomic mass is 35.5. The van der Waals surface area contributed by atoms with Gasteiger partial charge in [0.1, 0.15) is 0 Å². The van der Waals surface area contributed by atoms with Crippen LogP contribution in [0.25, 0.3) is 0 Å². The van der Waals surface area contributed by atoms with Crippen molar-refractivity contribution in [2.45, 2.75) is 26.3 Å². The normalized spacial score (nSPS) is 11.8. The van der Waals surface area contributed by atoms with Crippen LogP contribution in [0.4, 0.5) is 5.13 Å². The van der Waals surface area contributed by atoms with Gasteiger partial charge in [-0.15, -0.1) is 23.7 Å². The molecule has 4 nitrogen and oxygen atoms in total. The van der Waals surface area contributed by atoms with Gasteiger partial charge in [0.25, 0.3) is 0 Å². The number of hydrogen-bond acceptors (Lipinski definition) is 4. The minimum atomic E-state index is -0.503. The second kappa shape index (κ2) is 8.12. The molecule has 1 aromatic heterocycles. The zero-order valence-electron chi connectivity index (χ0n) is 12.1. The van der Waals surface area contributed by atoms with Crippen molar-refractivity contribution in [1.82, 2.24) is 4.98 Å². The summed E-state index contributed by atoms with van der Waals surface area (Å²) in [5.41, 5.74) is 7.03. The topological polar surface area (TPSA) is 68.0 Å². The smallest absolute Gasteiger partial charge is 0.243 e. The summed E-state index contributed by atoms with van der Waals surface area (Å²) in [6, 6.07) is 9.67. The number of hydrogen-bond donors (Lipinski definition) is 2. The van der Waals surface area contributed by atoms with Crippen LogP contribution in [0, 0.1) is 5.92 Å². The van der Waals surface area contributed by atoms with Crippen LogP contribution in [0.15, 0.2) is 36.5 Å². The van der Waals surface area contributed by atoms with Crippen molar-refractivity contribution in [1.29, 1.82) is 0 Å².